The van der Waals surface area contributed by atoms with Crippen LogP contribution in [0.15, 0.2) is 24.0 Å². The van der Waals surface area contributed by atoms with Crippen molar-refractivity contribution in [1.29, 1.82) is 0 Å². The Bertz CT molecular complexity index is 364. The first-order valence-electron chi connectivity index (χ1n) is 4.22. The van der Waals surface area contributed by atoms with E-state index >= 15 is 0 Å². The highest BCUT2D eigenvalue weighted by Gasteiger charge is 2.00. The minimum atomic E-state index is 0.941. The number of hydrogen-bond donors (Lipinski definition) is 0. The van der Waals surface area contributed by atoms with Gasteiger partial charge in [0.15, 0.2) is 0 Å². The zero-order chi connectivity index (χ0) is 9.10. The highest BCUT2D eigenvalue weighted by molar-refractivity contribution is 7.09. The summed E-state index contributed by atoms with van der Waals surface area (Å²) in [6.07, 6.45) is 4.81. The first kappa shape index (κ1) is 8.44. The van der Waals surface area contributed by atoms with Crippen LogP contribution >= 0.6 is 11.3 Å². The molecular weight excluding hydrogens is 182 g/mol. The first-order valence-corrected chi connectivity index (χ1v) is 5.10. The molecule has 0 amide bonds. The van der Waals surface area contributed by atoms with Gasteiger partial charge in [0.05, 0.1) is 11.2 Å². The van der Waals surface area contributed by atoms with Crippen LogP contribution in [0.1, 0.15) is 10.6 Å². The van der Waals surface area contributed by atoms with Gasteiger partial charge in [0.25, 0.3) is 0 Å². The SMILES string of the molecule is Cc1ncsc1CCn1cccn1. The Hall–Kier alpha value is -1.16. The van der Waals surface area contributed by atoms with Crippen molar-refractivity contribution in [3.05, 3.63) is 34.5 Å². The zero-order valence-corrected chi connectivity index (χ0v) is 8.29. The predicted octanol–water partition coefficient (Wildman–Crippen LogP) is 1.89. The van der Waals surface area contributed by atoms with Crippen LogP contribution in [0.5, 0.6) is 0 Å². The van der Waals surface area contributed by atoms with E-state index < -0.39 is 0 Å². The van der Waals surface area contributed by atoms with Crippen molar-refractivity contribution < 1.29 is 0 Å². The highest BCUT2D eigenvalue weighted by atomic mass is 32.1. The lowest BCUT2D eigenvalue weighted by Gasteiger charge is -1.99. The van der Waals surface area contributed by atoms with Gasteiger partial charge in [-0.15, -0.1) is 11.3 Å². The topological polar surface area (TPSA) is 30.7 Å². The van der Waals surface area contributed by atoms with Crippen molar-refractivity contribution in [2.24, 2.45) is 0 Å². The van der Waals surface area contributed by atoms with Gasteiger partial charge in [-0.2, -0.15) is 5.10 Å². The molecule has 2 rings (SSSR count). The second-order valence-electron chi connectivity index (χ2n) is 2.88. The minimum absolute atomic E-state index is 0.941. The van der Waals surface area contributed by atoms with Crippen LogP contribution in [0.3, 0.4) is 0 Å². The second kappa shape index (κ2) is 3.70. The molecule has 0 radical (unpaired) electrons. The minimum Gasteiger partial charge on any atom is -0.272 e. The molecule has 0 saturated carbocycles. The van der Waals surface area contributed by atoms with Gasteiger partial charge in [-0.05, 0) is 13.0 Å². The molecule has 0 saturated heterocycles. The molecule has 0 aromatic carbocycles. The molecule has 2 aromatic heterocycles. The number of aromatic nitrogens is 3. The third-order valence-corrected chi connectivity index (χ3v) is 2.97. The van der Waals surface area contributed by atoms with Gasteiger partial charge < -0.3 is 0 Å². The molecule has 0 atom stereocenters. The Morgan fingerprint density at radius 3 is 3.08 bits per heavy atom. The molecule has 2 heterocycles. The summed E-state index contributed by atoms with van der Waals surface area (Å²) in [4.78, 5) is 5.56. The molecular formula is C9H11N3S. The summed E-state index contributed by atoms with van der Waals surface area (Å²) in [5.41, 5.74) is 3.05. The first-order chi connectivity index (χ1) is 6.36. The molecule has 0 N–H and O–H groups in total. The average Bonchev–Trinajstić information content (AvgIpc) is 2.72. The van der Waals surface area contributed by atoms with E-state index in [0.717, 1.165) is 18.7 Å². The number of aryl methyl sites for hydroxylation is 3. The van der Waals surface area contributed by atoms with Crippen LogP contribution in [0.2, 0.25) is 0 Å². The molecule has 0 aliphatic heterocycles. The molecule has 0 unspecified atom stereocenters. The molecule has 0 bridgehead atoms. The van der Waals surface area contributed by atoms with E-state index in [1.807, 2.05) is 22.5 Å². The second-order valence-corrected chi connectivity index (χ2v) is 3.82. The van der Waals surface area contributed by atoms with E-state index in [1.54, 1.807) is 17.5 Å². The Morgan fingerprint density at radius 1 is 1.54 bits per heavy atom. The maximum atomic E-state index is 4.21. The summed E-state index contributed by atoms with van der Waals surface area (Å²) >= 11 is 1.72. The van der Waals surface area contributed by atoms with E-state index in [9.17, 15) is 0 Å². The van der Waals surface area contributed by atoms with Crippen molar-refractivity contribution in [1.82, 2.24) is 14.8 Å². The van der Waals surface area contributed by atoms with E-state index in [1.165, 1.54) is 4.88 Å². The summed E-state index contributed by atoms with van der Waals surface area (Å²) in [5, 5.41) is 4.15. The fourth-order valence-corrected chi connectivity index (χ4v) is 1.99. The maximum absolute atomic E-state index is 4.21. The lowest BCUT2D eigenvalue weighted by molar-refractivity contribution is 0.617. The van der Waals surface area contributed by atoms with Gasteiger partial charge in [0.2, 0.25) is 0 Å². The van der Waals surface area contributed by atoms with Gasteiger partial charge in [0.1, 0.15) is 0 Å². The number of rotatable bonds is 3. The van der Waals surface area contributed by atoms with Crippen molar-refractivity contribution in [2.75, 3.05) is 0 Å². The third-order valence-electron chi connectivity index (χ3n) is 1.97. The average molecular weight is 193 g/mol. The monoisotopic (exact) mass is 193 g/mol. The Kier molecular flexibility index (Phi) is 2.40. The van der Waals surface area contributed by atoms with Gasteiger partial charge >= 0.3 is 0 Å². The van der Waals surface area contributed by atoms with E-state index in [-0.39, 0.29) is 0 Å². The summed E-state index contributed by atoms with van der Waals surface area (Å²) in [6.45, 7) is 2.99. The number of nitrogens with zero attached hydrogens (tertiary/aromatic N) is 3. The standard InChI is InChI=1S/C9H11N3S/c1-8-9(13-7-10-8)3-6-12-5-2-4-11-12/h2,4-5,7H,3,6H2,1H3. The molecule has 68 valence electrons. The van der Waals surface area contributed by atoms with Gasteiger partial charge in [-0.1, -0.05) is 0 Å². The summed E-state index contributed by atoms with van der Waals surface area (Å²) < 4.78 is 1.94. The third kappa shape index (κ3) is 1.95. The molecule has 0 aliphatic rings. The van der Waals surface area contributed by atoms with Gasteiger partial charge in [0, 0.05) is 30.2 Å². The summed E-state index contributed by atoms with van der Waals surface area (Å²) in [6, 6.07) is 1.94. The van der Waals surface area contributed by atoms with Crippen molar-refractivity contribution in [3.63, 3.8) is 0 Å². The molecule has 3 nitrogen and oxygen atoms in total. The lowest BCUT2D eigenvalue weighted by atomic mass is 10.3. The van der Waals surface area contributed by atoms with E-state index in [2.05, 4.69) is 17.0 Å². The smallest absolute Gasteiger partial charge is 0.0797 e. The fraction of sp³-hybridized carbons (Fsp3) is 0.333. The number of hydrogen-bond acceptors (Lipinski definition) is 3. The lowest BCUT2D eigenvalue weighted by Crippen LogP contribution is -2.01. The Morgan fingerprint density at radius 2 is 2.46 bits per heavy atom. The van der Waals surface area contributed by atoms with Crippen LogP contribution in [-0.2, 0) is 13.0 Å². The Balaban J connectivity index is 1.97. The predicted molar refractivity (Wildman–Crippen MR) is 52.8 cm³/mol. The molecule has 0 fully saturated rings. The van der Waals surface area contributed by atoms with Gasteiger partial charge in [-0.25, -0.2) is 4.98 Å². The zero-order valence-electron chi connectivity index (χ0n) is 7.47. The fourth-order valence-electron chi connectivity index (χ4n) is 1.21. The van der Waals surface area contributed by atoms with Crippen LogP contribution in [0.25, 0.3) is 0 Å². The largest absolute Gasteiger partial charge is 0.272 e. The molecule has 4 heteroatoms. The molecule has 0 aliphatic carbocycles. The molecule has 13 heavy (non-hydrogen) atoms. The van der Waals surface area contributed by atoms with Crippen LogP contribution in [-0.4, -0.2) is 14.8 Å². The van der Waals surface area contributed by atoms with Crippen LogP contribution < -0.4 is 0 Å². The molecule has 0 spiro atoms. The summed E-state index contributed by atoms with van der Waals surface area (Å²) in [5.74, 6) is 0. The normalized spacial score (nSPS) is 10.5. The van der Waals surface area contributed by atoms with Crippen molar-refractivity contribution >= 4 is 11.3 Å². The van der Waals surface area contributed by atoms with E-state index in [4.69, 9.17) is 0 Å². The quantitative estimate of drug-likeness (QED) is 0.745. The van der Waals surface area contributed by atoms with E-state index in [0.29, 0.717) is 0 Å². The van der Waals surface area contributed by atoms with Crippen molar-refractivity contribution in [2.45, 2.75) is 19.9 Å². The molecule has 2 aromatic rings. The van der Waals surface area contributed by atoms with Crippen LogP contribution in [0.4, 0.5) is 0 Å². The maximum Gasteiger partial charge on any atom is 0.0797 e. The Labute approximate surface area is 81.1 Å². The number of thiazole rings is 1. The van der Waals surface area contributed by atoms with Crippen molar-refractivity contribution in [3.8, 4) is 0 Å². The van der Waals surface area contributed by atoms with Gasteiger partial charge in [-0.3, -0.25) is 4.68 Å². The van der Waals surface area contributed by atoms with Crippen LogP contribution in [0, 0.1) is 6.92 Å². The highest BCUT2D eigenvalue weighted by Crippen LogP contribution is 2.13. The summed E-state index contributed by atoms with van der Waals surface area (Å²) in [7, 11) is 0.